The van der Waals surface area contributed by atoms with Gasteiger partial charge >= 0.3 is 5.97 Å². The molecule has 7 heterocycles. The lowest BCUT2D eigenvalue weighted by Gasteiger charge is -2.20. The Morgan fingerprint density at radius 3 is 1.16 bits per heavy atom. The van der Waals surface area contributed by atoms with Gasteiger partial charge in [0.05, 0.1) is 103 Å². The molecule has 12 N–H and O–H groups in total. The van der Waals surface area contributed by atoms with E-state index in [0.29, 0.717) is 124 Å². The number of carboxylic acid groups (broad SMARTS) is 1. The van der Waals surface area contributed by atoms with E-state index in [9.17, 15) is 77.8 Å². The number of aromatic carboxylic acids is 1. The SMILES string of the molecule is CC(C)[C@@H](CO)NC(=O)c1cc2c(/C=C/c3cccc(F)c3)n[nH]c2cc1F.C[C@H](NC(=O)c1cc2c(/C=C/c3cccc(F)c3)n[nH]c2cc1F)C(N)=O.Cn1nc(/C=C/c2cccc(F)c2)c2cc(C(=O)O)c(F)cc21.O=C(NCC1CCCO1)c1cc2c(/C=C/c3cccc(F)c3)n[nH]c2cc1F.O=C(NCc1cccnc1)c1cc2c(/C=C/c3cccc(F)c3)n[nH]c2cc1F. The van der Waals surface area contributed by atoms with Crippen LogP contribution in [0, 0.1) is 64.1 Å². The van der Waals surface area contributed by atoms with Crippen molar-refractivity contribution in [3.63, 3.8) is 0 Å². The number of halogens is 10. The van der Waals surface area contributed by atoms with E-state index < -0.39 is 82.2 Å². The molecule has 1 aliphatic heterocycles. The molecule has 6 aromatic heterocycles. The first kappa shape index (κ1) is 96.0. The fourth-order valence-electron chi connectivity index (χ4n) is 13.9. The monoisotopic (exact) mass is 1840 g/mol. The van der Waals surface area contributed by atoms with Crippen LogP contribution in [0.25, 0.3) is 115 Å². The number of nitrogens with two attached hydrogens (primary N) is 1. The molecule has 0 aliphatic carbocycles. The predicted octanol–water partition coefficient (Wildman–Crippen LogP) is 18.4. The Hall–Kier alpha value is -16.6. The van der Waals surface area contributed by atoms with Gasteiger partial charge in [-0.2, -0.15) is 25.5 Å². The summed E-state index contributed by atoms with van der Waals surface area (Å²) in [6.45, 7) is 6.16. The first-order valence-corrected chi connectivity index (χ1v) is 41.8. The first-order chi connectivity index (χ1) is 64.9. The van der Waals surface area contributed by atoms with Crippen LogP contribution in [-0.4, -0.2) is 139 Å². The van der Waals surface area contributed by atoms with Gasteiger partial charge in [0.15, 0.2) is 0 Å². The normalized spacial score (nSPS) is 13.0. The molecule has 1 saturated heterocycles. The summed E-state index contributed by atoms with van der Waals surface area (Å²) in [5.41, 5.74) is 13.0. The van der Waals surface area contributed by atoms with Crippen LogP contribution in [0.4, 0.5) is 43.9 Å². The number of hydrogen-bond donors (Lipinski definition) is 11. The van der Waals surface area contributed by atoms with Gasteiger partial charge in [0.25, 0.3) is 23.6 Å². The molecule has 10 aromatic carbocycles. The number of aromatic amines is 4. The van der Waals surface area contributed by atoms with Crippen molar-refractivity contribution in [3.05, 3.63) is 354 Å². The van der Waals surface area contributed by atoms with Crippen LogP contribution in [-0.2, 0) is 23.1 Å². The number of rotatable bonds is 24. The molecule has 25 nitrogen and oxygen atoms in total. The molecular formula is C100H84F10N16O9. The highest BCUT2D eigenvalue weighted by atomic mass is 19.2. The molecule has 135 heavy (non-hydrogen) atoms. The van der Waals surface area contributed by atoms with Crippen LogP contribution in [0.1, 0.15) is 147 Å². The van der Waals surface area contributed by atoms with E-state index in [1.165, 1.54) is 121 Å². The van der Waals surface area contributed by atoms with Crippen molar-refractivity contribution in [2.45, 2.75) is 58.3 Å². The highest BCUT2D eigenvalue weighted by molar-refractivity contribution is 6.05. The molecule has 688 valence electrons. The topological polar surface area (TPSA) is 372 Å². The summed E-state index contributed by atoms with van der Waals surface area (Å²) >= 11 is 0. The number of aryl methyl sites for hydroxylation is 1. The summed E-state index contributed by atoms with van der Waals surface area (Å²) in [6, 6.07) is 45.4. The number of ether oxygens (including phenoxy) is 1. The van der Waals surface area contributed by atoms with Gasteiger partial charge in [-0.05, 0) is 187 Å². The number of amides is 5. The number of pyridine rings is 1. The highest BCUT2D eigenvalue weighted by Crippen LogP contribution is 2.30. The van der Waals surface area contributed by atoms with Crippen LogP contribution >= 0.6 is 0 Å². The average Bonchev–Trinajstić information content (AvgIpc) is 1.64. The zero-order valence-corrected chi connectivity index (χ0v) is 72.2. The average molecular weight is 1840 g/mol. The van der Waals surface area contributed by atoms with Crippen molar-refractivity contribution >= 4 is 151 Å². The van der Waals surface area contributed by atoms with E-state index in [4.69, 9.17) is 15.6 Å². The Bertz CT molecular complexity index is 7240. The minimum Gasteiger partial charge on any atom is -0.478 e. The molecule has 35 heteroatoms. The molecule has 17 rings (SSSR count). The maximum Gasteiger partial charge on any atom is 0.338 e. The van der Waals surface area contributed by atoms with Gasteiger partial charge in [-0.1, -0.05) is 111 Å². The van der Waals surface area contributed by atoms with E-state index in [1.807, 2.05) is 19.9 Å². The molecule has 16 aromatic rings. The summed E-state index contributed by atoms with van der Waals surface area (Å²) in [7, 11) is 1.64. The third-order valence-electron chi connectivity index (χ3n) is 21.1. The molecule has 1 fully saturated rings. The summed E-state index contributed by atoms with van der Waals surface area (Å²) in [5, 5.41) is 63.3. The number of carbonyl (C=O) groups excluding carboxylic acids is 5. The third kappa shape index (κ3) is 25.2. The lowest BCUT2D eigenvalue weighted by molar-refractivity contribution is -0.119. The van der Waals surface area contributed by atoms with Crippen molar-refractivity contribution in [1.82, 2.24) is 76.8 Å². The molecule has 5 amide bonds. The second kappa shape index (κ2) is 44.4. The maximum atomic E-state index is 14.4. The van der Waals surface area contributed by atoms with Gasteiger partial charge in [-0.15, -0.1) is 0 Å². The van der Waals surface area contributed by atoms with Crippen LogP contribution in [0.5, 0.6) is 0 Å². The predicted molar refractivity (Wildman–Crippen MR) is 494 cm³/mol. The highest BCUT2D eigenvalue weighted by Gasteiger charge is 2.26. The van der Waals surface area contributed by atoms with Crippen LogP contribution < -0.4 is 27.0 Å². The minimum atomic E-state index is -1.34. The second-order valence-corrected chi connectivity index (χ2v) is 31.0. The lowest BCUT2D eigenvalue weighted by Crippen LogP contribution is -2.42. The quantitative estimate of drug-likeness (QED) is 0.0250. The number of aliphatic hydroxyl groups excluding tert-OH is 1. The molecule has 3 atom stereocenters. The van der Waals surface area contributed by atoms with Gasteiger partial charge in [0.1, 0.15) is 64.2 Å². The number of hydrogen-bond acceptors (Lipinski definition) is 14. The molecule has 0 radical (unpaired) electrons. The summed E-state index contributed by atoms with van der Waals surface area (Å²) in [5.74, 6) is -9.73. The summed E-state index contributed by atoms with van der Waals surface area (Å²) in [6.07, 6.45) is 21.8. The third-order valence-corrected chi connectivity index (χ3v) is 21.1. The Morgan fingerprint density at radius 1 is 0.452 bits per heavy atom. The lowest BCUT2D eigenvalue weighted by atomic mass is 10.0. The number of aromatic nitrogens is 11. The van der Waals surface area contributed by atoms with Crippen molar-refractivity contribution in [3.8, 4) is 0 Å². The first-order valence-electron chi connectivity index (χ1n) is 41.8. The summed E-state index contributed by atoms with van der Waals surface area (Å²) in [4.78, 5) is 75.7. The van der Waals surface area contributed by atoms with E-state index in [-0.39, 0.29) is 76.5 Å². The largest absolute Gasteiger partial charge is 0.478 e. The summed E-state index contributed by atoms with van der Waals surface area (Å²) < 4.78 is 145. The van der Waals surface area contributed by atoms with Crippen molar-refractivity contribution in [1.29, 1.82) is 0 Å². The molecule has 1 unspecified atom stereocenters. The standard InChI is InChI=1S/C22H16F2N4O.C21H19F2N3O2.C21H21F2N3O2.C19H16F2N4O2.C17H12F2N2O2/c23-16-5-1-3-14(9-16)6-7-20-18-10-17(19(24)11-21(18)28-27-20)22(29)26-13-15-4-2-8-25-12-15;22-14-4-1-3-13(9-14)6-7-19-17-10-16(18(23)11-20(17)26-25-19)21(27)24-12-15-5-2-8-28-15;1-12(2)20(11-27)24-21(28)15-9-16-18(25-26-19(16)10-17(15)23)7-6-13-4-3-5-14(22)8-13;1-10(18(22)26)23-19(27)13-8-14-16(24-25-17(14)9-15(13)21)6-5-11-3-2-4-12(20)7-11;1-21-16-9-14(19)12(17(22)23)8-13(16)15(20-21)6-5-10-3-2-4-11(18)7-10/h1-12H,13H2,(H,26,29)(H,27,28);1,3-4,6-7,9-11,15H,2,5,8,12H2,(H,24,27)(H,25,26);3-10,12,20,27H,11H2,1-2H3,(H,24,28)(H,25,26);2-10H,1H3,(H2,22,26)(H,23,27)(H,24,25);2-9H,1H3,(H,22,23)/b3*7-6+;2*6-5+/t;;20-;10-;/m..10./s1. The molecule has 1 aliphatic rings. The smallest absolute Gasteiger partial charge is 0.338 e. The zero-order chi connectivity index (χ0) is 96.1. The Morgan fingerprint density at radius 2 is 0.815 bits per heavy atom. The van der Waals surface area contributed by atoms with Crippen LogP contribution in [0.15, 0.2) is 207 Å². The fraction of sp³-hybridized carbons (Fsp3) is 0.140. The second-order valence-electron chi connectivity index (χ2n) is 31.0. The number of aliphatic hydroxyl groups is 1. The van der Waals surface area contributed by atoms with Crippen molar-refractivity contribution in [2.75, 3.05) is 19.8 Å². The number of nitrogens with zero attached hydrogens (tertiary/aromatic N) is 7. The number of primary amides is 1. The van der Waals surface area contributed by atoms with Gasteiger partial charge in [-0.3, -0.25) is 54.0 Å². The molecule has 0 bridgehead atoms. The number of carboxylic acids is 1. The number of carbonyl (C=O) groups is 6. The Labute approximate surface area is 762 Å². The zero-order valence-electron chi connectivity index (χ0n) is 72.2. The van der Waals surface area contributed by atoms with Crippen LogP contribution in [0.3, 0.4) is 0 Å². The number of H-pyrrole nitrogens is 4. The molecular weight excluding hydrogens is 1760 g/mol. The van der Waals surface area contributed by atoms with Gasteiger partial charge in [0, 0.05) is 96.4 Å². The molecule has 0 spiro atoms. The van der Waals surface area contributed by atoms with Crippen molar-refractivity contribution in [2.24, 2.45) is 18.7 Å². The molecule has 0 saturated carbocycles. The number of nitrogens with one attached hydrogen (secondary N) is 8. The minimum absolute atomic E-state index is 0.000528. The van der Waals surface area contributed by atoms with E-state index in [2.05, 4.69) is 72.1 Å². The number of benzene rings is 10. The van der Waals surface area contributed by atoms with Gasteiger partial charge in [0.2, 0.25) is 5.91 Å². The van der Waals surface area contributed by atoms with E-state index in [0.717, 1.165) is 30.5 Å². The van der Waals surface area contributed by atoms with Gasteiger partial charge < -0.3 is 42.0 Å². The van der Waals surface area contributed by atoms with E-state index >= 15 is 0 Å². The Kier molecular flexibility index (Phi) is 31.6. The van der Waals surface area contributed by atoms with E-state index in [1.54, 1.807) is 147 Å². The Balaban J connectivity index is 0.000000143. The number of fused-ring (bicyclic) bond motifs is 5. The van der Waals surface area contributed by atoms with Crippen LogP contribution in [0.2, 0.25) is 0 Å². The van der Waals surface area contributed by atoms with Crippen molar-refractivity contribution < 1.29 is 87.6 Å². The maximum absolute atomic E-state index is 14.4. The van der Waals surface area contributed by atoms with Gasteiger partial charge in [-0.25, -0.2) is 48.7 Å². The fourth-order valence-corrected chi connectivity index (χ4v) is 13.9.